The zero-order chi connectivity index (χ0) is 13.2. The summed E-state index contributed by atoms with van der Waals surface area (Å²) in [5.74, 6) is 1.39. The third kappa shape index (κ3) is 2.83. The van der Waals surface area contributed by atoms with Gasteiger partial charge >= 0.3 is 0 Å². The fraction of sp³-hybridized carbons (Fsp3) is 0.692. The second kappa shape index (κ2) is 5.36. The number of anilines is 2. The standard InChI is InChI=1S/C13H20N4OS/c14-12-11(9-4-5-9)13(19-16-12)15-8-10(18)17-6-2-1-3-7-17/h9,15H,1-8H2,(H2,14,16). The summed E-state index contributed by atoms with van der Waals surface area (Å²) in [6, 6.07) is 0. The van der Waals surface area contributed by atoms with Crippen LogP contribution in [0, 0.1) is 0 Å². The Morgan fingerprint density at radius 2 is 2.11 bits per heavy atom. The molecule has 1 saturated heterocycles. The van der Waals surface area contributed by atoms with E-state index >= 15 is 0 Å². The van der Waals surface area contributed by atoms with Gasteiger partial charge in [0.25, 0.3) is 0 Å². The maximum atomic E-state index is 12.1. The Balaban J connectivity index is 1.58. The first kappa shape index (κ1) is 12.7. The summed E-state index contributed by atoms with van der Waals surface area (Å²) in [6.45, 7) is 2.17. The van der Waals surface area contributed by atoms with E-state index in [1.54, 1.807) is 0 Å². The van der Waals surface area contributed by atoms with Crippen LogP contribution in [0.25, 0.3) is 0 Å². The van der Waals surface area contributed by atoms with E-state index in [4.69, 9.17) is 5.73 Å². The van der Waals surface area contributed by atoms with Gasteiger partial charge in [-0.15, -0.1) is 0 Å². The maximum Gasteiger partial charge on any atom is 0.241 e. The summed E-state index contributed by atoms with van der Waals surface area (Å²) < 4.78 is 4.20. The van der Waals surface area contributed by atoms with Crippen molar-refractivity contribution in [2.24, 2.45) is 0 Å². The molecule has 6 heteroatoms. The summed E-state index contributed by atoms with van der Waals surface area (Å²) in [5.41, 5.74) is 7.03. The molecule has 0 atom stereocenters. The highest BCUT2D eigenvalue weighted by Gasteiger charge is 2.30. The first-order valence-corrected chi connectivity index (χ1v) is 7.79. The molecule has 0 aromatic carbocycles. The molecule has 2 fully saturated rings. The van der Waals surface area contributed by atoms with E-state index in [0.717, 1.165) is 36.5 Å². The van der Waals surface area contributed by atoms with E-state index in [1.165, 1.54) is 30.8 Å². The fourth-order valence-electron chi connectivity index (χ4n) is 2.61. The molecule has 1 aliphatic carbocycles. The zero-order valence-electron chi connectivity index (χ0n) is 11.0. The predicted octanol–water partition coefficient (Wildman–Crippen LogP) is 2.03. The van der Waals surface area contributed by atoms with Gasteiger partial charge in [-0.25, -0.2) is 0 Å². The SMILES string of the molecule is Nc1nsc(NCC(=O)N2CCCCC2)c1C1CC1. The molecule has 3 N–H and O–H groups in total. The monoisotopic (exact) mass is 280 g/mol. The van der Waals surface area contributed by atoms with Crippen LogP contribution in [0.5, 0.6) is 0 Å². The molecule has 19 heavy (non-hydrogen) atoms. The topological polar surface area (TPSA) is 71.2 Å². The van der Waals surface area contributed by atoms with Crippen LogP contribution in [0.1, 0.15) is 43.6 Å². The quantitative estimate of drug-likeness (QED) is 0.885. The van der Waals surface area contributed by atoms with E-state index in [9.17, 15) is 4.79 Å². The number of nitrogens with one attached hydrogen (secondary N) is 1. The van der Waals surface area contributed by atoms with Gasteiger partial charge in [0.1, 0.15) is 10.8 Å². The molecule has 104 valence electrons. The number of likely N-dealkylation sites (tertiary alicyclic amines) is 1. The van der Waals surface area contributed by atoms with Crippen molar-refractivity contribution in [3.63, 3.8) is 0 Å². The largest absolute Gasteiger partial charge is 0.383 e. The Kier molecular flexibility index (Phi) is 3.59. The fourth-order valence-corrected chi connectivity index (χ4v) is 3.41. The molecule has 1 aromatic rings. The third-order valence-electron chi connectivity index (χ3n) is 3.85. The minimum atomic E-state index is 0.188. The lowest BCUT2D eigenvalue weighted by Crippen LogP contribution is -2.39. The van der Waals surface area contributed by atoms with Crippen molar-refractivity contribution in [3.05, 3.63) is 5.56 Å². The van der Waals surface area contributed by atoms with Gasteiger partial charge in [0.15, 0.2) is 0 Å². The lowest BCUT2D eigenvalue weighted by molar-refractivity contribution is -0.130. The number of piperidine rings is 1. The lowest BCUT2D eigenvalue weighted by atomic mass is 10.1. The molecule has 1 aliphatic heterocycles. The Bertz CT molecular complexity index is 463. The molecule has 0 bridgehead atoms. The number of nitrogens with two attached hydrogens (primary N) is 1. The molecule has 2 aliphatic rings. The molecule has 5 nitrogen and oxygen atoms in total. The summed E-state index contributed by atoms with van der Waals surface area (Å²) in [6.07, 6.45) is 5.89. The average Bonchev–Trinajstić information content (AvgIpc) is 3.21. The average molecular weight is 280 g/mol. The van der Waals surface area contributed by atoms with Crippen LogP contribution in [0.3, 0.4) is 0 Å². The second-order valence-corrected chi connectivity index (χ2v) is 6.15. The van der Waals surface area contributed by atoms with Gasteiger partial charge in [-0.1, -0.05) is 0 Å². The number of rotatable bonds is 4. The molecule has 1 saturated carbocycles. The van der Waals surface area contributed by atoms with Crippen molar-refractivity contribution < 1.29 is 4.79 Å². The Morgan fingerprint density at radius 1 is 1.37 bits per heavy atom. The first-order valence-electron chi connectivity index (χ1n) is 7.02. The zero-order valence-corrected chi connectivity index (χ0v) is 11.8. The minimum absolute atomic E-state index is 0.188. The number of hydrogen-bond acceptors (Lipinski definition) is 5. The van der Waals surface area contributed by atoms with E-state index in [-0.39, 0.29) is 5.91 Å². The molecule has 2 heterocycles. The van der Waals surface area contributed by atoms with Crippen LogP contribution < -0.4 is 11.1 Å². The van der Waals surface area contributed by atoms with E-state index in [2.05, 4.69) is 9.69 Å². The van der Waals surface area contributed by atoms with E-state index in [1.807, 2.05) is 4.90 Å². The van der Waals surface area contributed by atoms with Gasteiger partial charge in [-0.05, 0) is 49.6 Å². The van der Waals surface area contributed by atoms with Gasteiger partial charge in [0.2, 0.25) is 5.91 Å². The minimum Gasteiger partial charge on any atom is -0.383 e. The molecule has 0 unspecified atom stereocenters. The number of carbonyl (C=O) groups excluding carboxylic acids is 1. The van der Waals surface area contributed by atoms with E-state index < -0.39 is 0 Å². The van der Waals surface area contributed by atoms with Crippen molar-refractivity contribution >= 4 is 28.3 Å². The van der Waals surface area contributed by atoms with Crippen molar-refractivity contribution in [1.82, 2.24) is 9.27 Å². The van der Waals surface area contributed by atoms with Gasteiger partial charge in [0, 0.05) is 18.7 Å². The highest BCUT2D eigenvalue weighted by atomic mass is 32.1. The Hall–Kier alpha value is -1.30. The summed E-state index contributed by atoms with van der Waals surface area (Å²) in [5, 5.41) is 4.23. The van der Waals surface area contributed by atoms with Gasteiger partial charge in [-0.2, -0.15) is 4.37 Å². The van der Waals surface area contributed by atoms with Crippen LogP contribution in [-0.4, -0.2) is 34.8 Å². The van der Waals surface area contributed by atoms with Gasteiger partial charge in [-0.3, -0.25) is 4.79 Å². The number of aromatic nitrogens is 1. The van der Waals surface area contributed by atoms with Crippen LogP contribution in [0.15, 0.2) is 0 Å². The number of carbonyl (C=O) groups is 1. The maximum absolute atomic E-state index is 12.1. The van der Waals surface area contributed by atoms with Crippen LogP contribution in [-0.2, 0) is 4.79 Å². The van der Waals surface area contributed by atoms with Crippen molar-refractivity contribution in [2.45, 2.75) is 38.0 Å². The summed E-state index contributed by atoms with van der Waals surface area (Å²) in [4.78, 5) is 14.0. The molecular formula is C13H20N4OS. The lowest BCUT2D eigenvalue weighted by Gasteiger charge is -2.26. The van der Waals surface area contributed by atoms with Gasteiger partial charge < -0.3 is 16.0 Å². The van der Waals surface area contributed by atoms with E-state index in [0.29, 0.717) is 18.3 Å². The Morgan fingerprint density at radius 3 is 2.79 bits per heavy atom. The smallest absolute Gasteiger partial charge is 0.241 e. The molecule has 1 aromatic heterocycles. The number of nitrogen functional groups attached to an aromatic ring is 1. The number of hydrogen-bond donors (Lipinski definition) is 2. The summed E-state index contributed by atoms with van der Waals surface area (Å²) >= 11 is 1.38. The van der Waals surface area contributed by atoms with Gasteiger partial charge in [0.05, 0.1) is 6.54 Å². The number of nitrogens with zero attached hydrogens (tertiary/aromatic N) is 2. The highest BCUT2D eigenvalue weighted by molar-refractivity contribution is 7.10. The Labute approximate surface area is 117 Å². The van der Waals surface area contributed by atoms with Crippen molar-refractivity contribution in [2.75, 3.05) is 30.7 Å². The number of amides is 1. The van der Waals surface area contributed by atoms with Crippen molar-refractivity contribution in [1.29, 1.82) is 0 Å². The normalized spacial score (nSPS) is 19.5. The molecule has 0 radical (unpaired) electrons. The second-order valence-electron chi connectivity index (χ2n) is 5.38. The molecule has 0 spiro atoms. The molecular weight excluding hydrogens is 260 g/mol. The predicted molar refractivity (Wildman–Crippen MR) is 77.4 cm³/mol. The molecule has 3 rings (SSSR count). The first-order chi connectivity index (χ1) is 9.25. The van der Waals surface area contributed by atoms with Crippen molar-refractivity contribution in [3.8, 4) is 0 Å². The van der Waals surface area contributed by atoms with Crippen LogP contribution in [0.2, 0.25) is 0 Å². The third-order valence-corrected chi connectivity index (χ3v) is 4.69. The molecule has 1 amide bonds. The van der Waals surface area contributed by atoms with Crippen LogP contribution >= 0.6 is 11.5 Å². The summed E-state index contributed by atoms with van der Waals surface area (Å²) in [7, 11) is 0. The van der Waals surface area contributed by atoms with Crippen LogP contribution in [0.4, 0.5) is 10.8 Å². The highest BCUT2D eigenvalue weighted by Crippen LogP contribution is 2.47.